The summed E-state index contributed by atoms with van der Waals surface area (Å²) in [5, 5.41) is 0. The fraction of sp³-hybridized carbons (Fsp3) is 0.562. The molecule has 1 aliphatic heterocycles. The smallest absolute Gasteiger partial charge is 0.232 e. The molecule has 1 aromatic rings. The van der Waals surface area contributed by atoms with Gasteiger partial charge in [-0.2, -0.15) is 0 Å². The van der Waals surface area contributed by atoms with Crippen molar-refractivity contribution >= 4 is 5.91 Å². The van der Waals surface area contributed by atoms with Crippen molar-refractivity contribution in [1.82, 2.24) is 4.90 Å². The summed E-state index contributed by atoms with van der Waals surface area (Å²) >= 11 is 0. The van der Waals surface area contributed by atoms with Gasteiger partial charge >= 0.3 is 0 Å². The summed E-state index contributed by atoms with van der Waals surface area (Å²) in [4.78, 5) is 14.6. The largest absolute Gasteiger partial charge is 0.342 e. The van der Waals surface area contributed by atoms with Crippen molar-refractivity contribution in [2.45, 2.75) is 32.1 Å². The molecule has 20 heavy (non-hydrogen) atoms. The Balaban J connectivity index is 2.09. The highest BCUT2D eigenvalue weighted by Gasteiger charge is 2.35. The first kappa shape index (κ1) is 15.0. The van der Waals surface area contributed by atoms with E-state index in [1.165, 1.54) is 12.1 Å². The number of piperidine rings is 1. The van der Waals surface area contributed by atoms with E-state index in [2.05, 4.69) is 0 Å². The summed E-state index contributed by atoms with van der Waals surface area (Å²) in [6.45, 7) is 6.04. The lowest BCUT2D eigenvalue weighted by Gasteiger charge is -2.37. The first-order chi connectivity index (χ1) is 9.45. The van der Waals surface area contributed by atoms with Crippen LogP contribution in [0.15, 0.2) is 24.3 Å². The topological polar surface area (TPSA) is 46.3 Å². The minimum atomic E-state index is -0.622. The van der Waals surface area contributed by atoms with E-state index in [9.17, 15) is 9.18 Å². The van der Waals surface area contributed by atoms with Crippen molar-refractivity contribution in [3.05, 3.63) is 35.6 Å². The highest BCUT2D eigenvalue weighted by atomic mass is 19.1. The van der Waals surface area contributed by atoms with Crippen molar-refractivity contribution in [3.63, 3.8) is 0 Å². The number of likely N-dealkylation sites (tertiary alicyclic amines) is 1. The normalized spacial score (nSPS) is 17.3. The van der Waals surface area contributed by atoms with Crippen LogP contribution in [0.3, 0.4) is 0 Å². The molecule has 4 heteroatoms. The summed E-state index contributed by atoms with van der Waals surface area (Å²) in [6.07, 6.45) is 1.95. The Morgan fingerprint density at radius 3 is 2.35 bits per heavy atom. The molecule has 1 aliphatic rings. The molecule has 0 unspecified atom stereocenters. The molecule has 110 valence electrons. The van der Waals surface area contributed by atoms with Gasteiger partial charge in [0.15, 0.2) is 0 Å². The first-order valence-corrected chi connectivity index (χ1v) is 7.20. The molecule has 0 saturated carbocycles. The Morgan fingerprint density at radius 2 is 1.85 bits per heavy atom. The van der Waals surface area contributed by atoms with Crippen molar-refractivity contribution < 1.29 is 9.18 Å². The van der Waals surface area contributed by atoms with E-state index in [1.54, 1.807) is 12.1 Å². The standard InChI is InChI=1S/C16H23FN2O/c1-16(2,13-3-5-14(17)6-4-13)15(20)19-9-7-12(11-18)8-10-19/h3-6,12H,7-11,18H2,1-2H3. The molecular weight excluding hydrogens is 255 g/mol. The molecule has 3 nitrogen and oxygen atoms in total. The quantitative estimate of drug-likeness (QED) is 0.922. The number of nitrogens with zero attached hydrogens (tertiary/aromatic N) is 1. The van der Waals surface area contributed by atoms with Gasteiger partial charge in [-0.3, -0.25) is 4.79 Å². The van der Waals surface area contributed by atoms with Crippen LogP contribution >= 0.6 is 0 Å². The van der Waals surface area contributed by atoms with Crippen molar-refractivity contribution in [1.29, 1.82) is 0 Å². The van der Waals surface area contributed by atoms with E-state index in [1.807, 2.05) is 18.7 Å². The van der Waals surface area contributed by atoms with E-state index in [-0.39, 0.29) is 11.7 Å². The molecule has 1 aromatic carbocycles. The average molecular weight is 278 g/mol. The number of hydrogen-bond donors (Lipinski definition) is 1. The molecule has 0 aliphatic carbocycles. The van der Waals surface area contributed by atoms with E-state index < -0.39 is 5.41 Å². The highest BCUT2D eigenvalue weighted by molar-refractivity contribution is 5.87. The molecule has 0 spiro atoms. The molecule has 0 bridgehead atoms. The maximum Gasteiger partial charge on any atom is 0.232 e. The third-order valence-electron chi connectivity index (χ3n) is 4.34. The number of amides is 1. The van der Waals surface area contributed by atoms with Crippen LogP contribution in [0.5, 0.6) is 0 Å². The van der Waals surface area contributed by atoms with E-state index in [0.29, 0.717) is 12.5 Å². The average Bonchev–Trinajstić information content (AvgIpc) is 2.47. The zero-order valence-corrected chi connectivity index (χ0v) is 12.2. The van der Waals surface area contributed by atoms with Crippen LogP contribution < -0.4 is 5.73 Å². The summed E-state index contributed by atoms with van der Waals surface area (Å²) < 4.78 is 13.0. The summed E-state index contributed by atoms with van der Waals surface area (Å²) in [7, 11) is 0. The number of halogens is 1. The molecule has 0 radical (unpaired) electrons. The Kier molecular flexibility index (Phi) is 4.43. The molecule has 0 atom stereocenters. The second-order valence-corrected chi connectivity index (χ2v) is 6.10. The monoisotopic (exact) mass is 278 g/mol. The maximum absolute atomic E-state index is 13.0. The Bertz CT molecular complexity index is 462. The molecule has 1 fully saturated rings. The van der Waals surface area contributed by atoms with Gasteiger partial charge in [-0.1, -0.05) is 12.1 Å². The molecule has 2 rings (SSSR count). The van der Waals surface area contributed by atoms with Crippen LogP contribution in [-0.2, 0) is 10.2 Å². The molecule has 1 amide bonds. The third kappa shape index (κ3) is 3.01. The number of benzene rings is 1. The van der Waals surface area contributed by atoms with Gasteiger partial charge in [0.25, 0.3) is 0 Å². The Labute approximate surface area is 120 Å². The highest BCUT2D eigenvalue weighted by Crippen LogP contribution is 2.28. The second-order valence-electron chi connectivity index (χ2n) is 6.10. The third-order valence-corrected chi connectivity index (χ3v) is 4.34. The van der Waals surface area contributed by atoms with Crippen molar-refractivity contribution in [2.24, 2.45) is 11.7 Å². The second kappa shape index (κ2) is 5.92. The number of carbonyl (C=O) groups is 1. The summed E-state index contributed by atoms with van der Waals surface area (Å²) in [5.74, 6) is 0.369. The van der Waals surface area contributed by atoms with E-state index in [0.717, 1.165) is 31.5 Å². The zero-order valence-electron chi connectivity index (χ0n) is 12.2. The molecule has 1 saturated heterocycles. The molecule has 1 heterocycles. The summed E-state index contributed by atoms with van der Waals surface area (Å²) in [5.41, 5.74) is 5.91. The Hall–Kier alpha value is -1.42. The Morgan fingerprint density at radius 1 is 1.30 bits per heavy atom. The number of rotatable bonds is 3. The number of nitrogens with two attached hydrogens (primary N) is 1. The fourth-order valence-corrected chi connectivity index (χ4v) is 2.76. The first-order valence-electron chi connectivity index (χ1n) is 7.20. The van der Waals surface area contributed by atoms with Crippen molar-refractivity contribution in [2.75, 3.05) is 19.6 Å². The predicted molar refractivity (Wildman–Crippen MR) is 77.8 cm³/mol. The van der Waals surface area contributed by atoms with Crippen LogP contribution in [0.4, 0.5) is 4.39 Å². The molecule has 2 N–H and O–H groups in total. The van der Waals surface area contributed by atoms with Crippen molar-refractivity contribution in [3.8, 4) is 0 Å². The van der Waals surface area contributed by atoms with Gasteiger partial charge in [0.2, 0.25) is 5.91 Å². The molecular formula is C16H23FN2O. The van der Waals surface area contributed by atoms with E-state index >= 15 is 0 Å². The summed E-state index contributed by atoms with van der Waals surface area (Å²) in [6, 6.07) is 6.20. The van der Waals surface area contributed by atoms with Crippen LogP contribution in [0, 0.1) is 11.7 Å². The van der Waals surface area contributed by atoms with Gasteiger partial charge in [-0.15, -0.1) is 0 Å². The SMILES string of the molecule is CC(C)(C(=O)N1CCC(CN)CC1)c1ccc(F)cc1. The van der Waals surface area contributed by atoms with Gasteiger partial charge in [0, 0.05) is 13.1 Å². The number of carbonyl (C=O) groups excluding carboxylic acids is 1. The minimum Gasteiger partial charge on any atom is -0.342 e. The van der Waals surface area contributed by atoms with Gasteiger partial charge in [0.1, 0.15) is 5.82 Å². The fourth-order valence-electron chi connectivity index (χ4n) is 2.76. The van der Waals surface area contributed by atoms with Gasteiger partial charge in [-0.25, -0.2) is 4.39 Å². The lowest BCUT2D eigenvalue weighted by molar-refractivity contribution is -0.137. The number of hydrogen-bond acceptors (Lipinski definition) is 2. The van der Waals surface area contributed by atoms with Gasteiger partial charge < -0.3 is 10.6 Å². The van der Waals surface area contributed by atoms with Crippen LogP contribution in [0.2, 0.25) is 0 Å². The van der Waals surface area contributed by atoms with E-state index in [4.69, 9.17) is 5.73 Å². The minimum absolute atomic E-state index is 0.111. The molecule has 0 aromatic heterocycles. The van der Waals surface area contributed by atoms with Gasteiger partial charge in [0.05, 0.1) is 5.41 Å². The van der Waals surface area contributed by atoms with Crippen LogP contribution in [-0.4, -0.2) is 30.4 Å². The lowest BCUT2D eigenvalue weighted by atomic mass is 9.82. The van der Waals surface area contributed by atoms with Gasteiger partial charge in [-0.05, 0) is 56.8 Å². The lowest BCUT2D eigenvalue weighted by Crippen LogP contribution is -2.47. The maximum atomic E-state index is 13.0. The zero-order chi connectivity index (χ0) is 14.8. The van der Waals surface area contributed by atoms with Crippen LogP contribution in [0.1, 0.15) is 32.3 Å². The van der Waals surface area contributed by atoms with Crippen LogP contribution in [0.25, 0.3) is 0 Å². The predicted octanol–water partition coefficient (Wildman–Crippen LogP) is 2.30.